The van der Waals surface area contributed by atoms with Crippen molar-refractivity contribution >= 4 is 10.9 Å². The lowest BCUT2D eigenvalue weighted by molar-refractivity contribution is -0.685. The number of fused-ring (bicyclic) bond motifs is 5. The molecule has 0 radical (unpaired) electrons. The highest BCUT2D eigenvalue weighted by Crippen LogP contribution is 2.45. The number of hydrogen-bond acceptors (Lipinski definition) is 2. The normalized spacial score (nSPS) is 16.6. The number of aliphatic hydroxyl groups is 1. The first-order valence-electron chi connectivity index (χ1n) is 13.4. The second-order valence-corrected chi connectivity index (χ2v) is 10.9. The third kappa shape index (κ3) is 4.74. The minimum Gasteiger partial charge on any atom is -0.396 e. The van der Waals surface area contributed by atoms with Gasteiger partial charge in [0.15, 0.2) is 6.04 Å². The Morgan fingerprint density at radius 2 is 1.78 bits per heavy atom. The van der Waals surface area contributed by atoms with Crippen molar-refractivity contribution in [2.45, 2.75) is 45.6 Å². The van der Waals surface area contributed by atoms with Gasteiger partial charge in [-0.3, -0.25) is 0 Å². The predicted octanol–water partition coefficient (Wildman–Crippen LogP) is 7.19. The van der Waals surface area contributed by atoms with Gasteiger partial charge < -0.3 is 9.84 Å². The number of aromatic nitrogens is 1. The summed E-state index contributed by atoms with van der Waals surface area (Å²) >= 11 is 0. The summed E-state index contributed by atoms with van der Waals surface area (Å²) in [5, 5.41) is 11.4. The zero-order chi connectivity index (χ0) is 26.1. The minimum atomic E-state index is -0.00418. The maximum Gasteiger partial charge on any atom is 0.214 e. The molecule has 2 atom stereocenters. The van der Waals surface area contributed by atoms with Crippen LogP contribution in [-0.4, -0.2) is 25.4 Å². The Bertz CT molecular complexity index is 1440. The van der Waals surface area contributed by atoms with E-state index in [-0.39, 0.29) is 18.6 Å². The standard InChI is InChI=1S/C34H38NO2/c1-22(2)17-27-20-33-31-18-23(3)11-13-28(31)29(15-16-36)34(24(4)21-37-5)35(33)32-14-12-26(19-30(27)32)25-9-7-6-8-10-25/h6-14,18-20,22,29,34,36H,4,15-17,21H2,1-3,5H3/q+1. The van der Waals surface area contributed by atoms with Crippen LogP contribution in [0.5, 0.6) is 0 Å². The Kier molecular flexibility index (Phi) is 7.28. The maximum absolute atomic E-state index is 10.1. The Balaban J connectivity index is 1.86. The maximum atomic E-state index is 10.1. The Labute approximate surface area is 221 Å². The van der Waals surface area contributed by atoms with Crippen molar-refractivity contribution in [1.82, 2.24) is 0 Å². The fourth-order valence-corrected chi connectivity index (χ4v) is 6.13. The molecule has 3 aromatic carbocycles. The summed E-state index contributed by atoms with van der Waals surface area (Å²) in [6.07, 6.45) is 1.68. The monoisotopic (exact) mass is 492 g/mol. The van der Waals surface area contributed by atoms with Crippen LogP contribution in [-0.2, 0) is 11.2 Å². The number of pyridine rings is 1. The van der Waals surface area contributed by atoms with Gasteiger partial charge in [0.25, 0.3) is 0 Å². The number of rotatable bonds is 8. The molecule has 3 heteroatoms. The number of ether oxygens (including phenoxy) is 1. The van der Waals surface area contributed by atoms with Crippen molar-refractivity contribution in [3.8, 4) is 22.4 Å². The molecule has 3 nitrogen and oxygen atoms in total. The zero-order valence-corrected chi connectivity index (χ0v) is 22.5. The summed E-state index contributed by atoms with van der Waals surface area (Å²) in [6, 6.07) is 26.7. The number of hydrogen-bond donors (Lipinski definition) is 1. The SMILES string of the molecule is C=C(COC)C1C(CCO)c2ccc(C)cc2-c2cc(CC(C)C)c3cc(-c4ccccc4)ccc3[n+]21. The summed E-state index contributed by atoms with van der Waals surface area (Å²) in [5.41, 5.74) is 11.1. The van der Waals surface area contributed by atoms with Crippen LogP contribution in [0.1, 0.15) is 48.9 Å². The molecule has 2 unspecified atom stereocenters. The number of methoxy groups -OCH3 is 1. The molecule has 4 aromatic rings. The van der Waals surface area contributed by atoms with Crippen LogP contribution in [0.3, 0.4) is 0 Å². The van der Waals surface area contributed by atoms with Crippen LogP contribution in [0.25, 0.3) is 33.3 Å². The summed E-state index contributed by atoms with van der Waals surface area (Å²) < 4.78 is 8.08. The van der Waals surface area contributed by atoms with Gasteiger partial charge in [-0.25, -0.2) is 0 Å². The Morgan fingerprint density at radius 1 is 1.00 bits per heavy atom. The average molecular weight is 493 g/mol. The molecule has 0 aliphatic carbocycles. The lowest BCUT2D eigenvalue weighted by Gasteiger charge is -2.33. The lowest BCUT2D eigenvalue weighted by atomic mass is 9.77. The molecule has 37 heavy (non-hydrogen) atoms. The third-order valence-corrected chi connectivity index (χ3v) is 7.64. The quantitative estimate of drug-likeness (QED) is 0.209. The number of aliphatic hydroxyl groups excluding tert-OH is 1. The predicted molar refractivity (Wildman–Crippen MR) is 153 cm³/mol. The zero-order valence-electron chi connectivity index (χ0n) is 22.5. The molecule has 1 aromatic heterocycles. The smallest absolute Gasteiger partial charge is 0.214 e. The fraction of sp³-hybridized carbons (Fsp3) is 0.324. The van der Waals surface area contributed by atoms with E-state index < -0.39 is 0 Å². The third-order valence-electron chi connectivity index (χ3n) is 7.64. The number of aryl methyl sites for hydroxylation is 1. The first-order chi connectivity index (χ1) is 17.9. The second-order valence-electron chi connectivity index (χ2n) is 10.9. The Hall–Kier alpha value is -3.27. The molecular formula is C34H38NO2+. The molecular weight excluding hydrogens is 454 g/mol. The van der Waals surface area contributed by atoms with E-state index in [2.05, 4.69) is 105 Å². The van der Waals surface area contributed by atoms with E-state index in [1.165, 1.54) is 50.0 Å². The van der Waals surface area contributed by atoms with E-state index in [4.69, 9.17) is 4.74 Å². The molecule has 5 rings (SSSR count). The summed E-state index contributed by atoms with van der Waals surface area (Å²) in [7, 11) is 1.73. The van der Waals surface area contributed by atoms with Crippen LogP contribution in [0, 0.1) is 12.8 Å². The highest BCUT2D eigenvalue weighted by molar-refractivity contribution is 5.87. The molecule has 1 aliphatic rings. The number of benzene rings is 3. The van der Waals surface area contributed by atoms with Crippen LogP contribution < -0.4 is 4.57 Å². The molecule has 0 spiro atoms. The molecule has 0 saturated carbocycles. The first kappa shape index (κ1) is 25.4. The minimum absolute atomic E-state index is 0.00418. The van der Waals surface area contributed by atoms with Crippen molar-refractivity contribution in [3.05, 3.63) is 102 Å². The largest absolute Gasteiger partial charge is 0.396 e. The van der Waals surface area contributed by atoms with E-state index in [1.807, 2.05) is 0 Å². The van der Waals surface area contributed by atoms with Gasteiger partial charge in [-0.05, 0) is 66.1 Å². The van der Waals surface area contributed by atoms with Crippen molar-refractivity contribution in [2.24, 2.45) is 5.92 Å². The van der Waals surface area contributed by atoms with Gasteiger partial charge in [0.1, 0.15) is 0 Å². The molecule has 0 fully saturated rings. The molecule has 190 valence electrons. The van der Waals surface area contributed by atoms with Gasteiger partial charge >= 0.3 is 0 Å². The fourth-order valence-electron chi connectivity index (χ4n) is 6.13. The van der Waals surface area contributed by atoms with E-state index in [0.717, 1.165) is 12.0 Å². The summed E-state index contributed by atoms with van der Waals surface area (Å²) in [4.78, 5) is 0. The summed E-state index contributed by atoms with van der Waals surface area (Å²) in [5.74, 6) is 0.655. The number of nitrogens with zero attached hydrogens (tertiary/aromatic N) is 1. The van der Waals surface area contributed by atoms with Crippen LogP contribution >= 0.6 is 0 Å². The molecule has 0 bridgehead atoms. The molecule has 0 saturated heterocycles. The van der Waals surface area contributed by atoms with Gasteiger partial charge in [0.05, 0.1) is 23.5 Å². The molecule has 0 amide bonds. The van der Waals surface area contributed by atoms with E-state index in [1.54, 1.807) is 7.11 Å². The molecule has 1 aliphatic heterocycles. The van der Waals surface area contributed by atoms with Crippen LogP contribution in [0.15, 0.2) is 84.9 Å². The van der Waals surface area contributed by atoms with Crippen molar-refractivity contribution in [2.75, 3.05) is 20.3 Å². The highest BCUT2D eigenvalue weighted by Gasteiger charge is 2.43. The van der Waals surface area contributed by atoms with Gasteiger partial charge in [-0.15, -0.1) is 0 Å². The topological polar surface area (TPSA) is 33.3 Å². The van der Waals surface area contributed by atoms with Crippen molar-refractivity contribution < 1.29 is 14.4 Å². The Morgan fingerprint density at radius 3 is 2.49 bits per heavy atom. The highest BCUT2D eigenvalue weighted by atomic mass is 16.5. The second kappa shape index (κ2) is 10.6. The van der Waals surface area contributed by atoms with Gasteiger partial charge in [0, 0.05) is 31.4 Å². The van der Waals surface area contributed by atoms with E-state index in [0.29, 0.717) is 18.9 Å². The van der Waals surface area contributed by atoms with Crippen molar-refractivity contribution in [1.29, 1.82) is 0 Å². The van der Waals surface area contributed by atoms with E-state index in [9.17, 15) is 5.11 Å². The van der Waals surface area contributed by atoms with Crippen LogP contribution in [0.4, 0.5) is 0 Å². The van der Waals surface area contributed by atoms with E-state index >= 15 is 0 Å². The molecule has 2 heterocycles. The summed E-state index contributed by atoms with van der Waals surface area (Å²) in [6.45, 7) is 11.9. The average Bonchev–Trinajstić information content (AvgIpc) is 2.89. The van der Waals surface area contributed by atoms with Gasteiger partial charge in [-0.1, -0.05) is 68.5 Å². The van der Waals surface area contributed by atoms with Gasteiger partial charge in [-0.2, -0.15) is 4.57 Å². The lowest BCUT2D eigenvalue weighted by Crippen LogP contribution is -2.50. The first-order valence-corrected chi connectivity index (χ1v) is 13.4. The van der Waals surface area contributed by atoms with Crippen LogP contribution in [0.2, 0.25) is 0 Å². The van der Waals surface area contributed by atoms with Crippen molar-refractivity contribution in [3.63, 3.8) is 0 Å². The molecule has 1 N–H and O–H groups in total. The van der Waals surface area contributed by atoms with Gasteiger partial charge in [0.2, 0.25) is 11.2 Å².